The van der Waals surface area contributed by atoms with Gasteiger partial charge in [0.25, 0.3) is 0 Å². The van der Waals surface area contributed by atoms with Crippen molar-refractivity contribution in [1.82, 2.24) is 0 Å². The van der Waals surface area contributed by atoms with Crippen LogP contribution in [-0.4, -0.2) is 19.3 Å². The standard InChI is InChI=1S/C16H14F2O2/c17-13-5-1-11(2-6-13)16(20-10-15-9-19-15)12-3-7-14(18)8-4-12/h1-8,15-16H,9-10H2/t15-/m0/s1. The van der Waals surface area contributed by atoms with Gasteiger partial charge in [0.1, 0.15) is 23.8 Å². The topological polar surface area (TPSA) is 21.8 Å². The Kier molecular flexibility index (Phi) is 3.76. The lowest BCUT2D eigenvalue weighted by molar-refractivity contribution is 0.0671. The van der Waals surface area contributed by atoms with Crippen LogP contribution in [0.15, 0.2) is 48.5 Å². The van der Waals surface area contributed by atoms with Crippen LogP contribution in [0.3, 0.4) is 0 Å². The zero-order chi connectivity index (χ0) is 13.9. The highest BCUT2D eigenvalue weighted by molar-refractivity contribution is 5.30. The van der Waals surface area contributed by atoms with E-state index in [1.54, 1.807) is 24.3 Å². The molecule has 104 valence electrons. The van der Waals surface area contributed by atoms with Crippen molar-refractivity contribution in [2.75, 3.05) is 13.2 Å². The molecule has 2 aromatic rings. The van der Waals surface area contributed by atoms with Gasteiger partial charge in [0.15, 0.2) is 0 Å². The number of benzene rings is 2. The average molecular weight is 276 g/mol. The van der Waals surface area contributed by atoms with Crippen molar-refractivity contribution in [3.05, 3.63) is 71.3 Å². The molecule has 1 atom stereocenters. The van der Waals surface area contributed by atoms with E-state index in [4.69, 9.17) is 9.47 Å². The lowest BCUT2D eigenvalue weighted by Crippen LogP contribution is -2.10. The molecule has 3 rings (SSSR count). The molecule has 0 N–H and O–H groups in total. The molecule has 1 aliphatic heterocycles. The predicted molar refractivity (Wildman–Crippen MR) is 70.3 cm³/mol. The fraction of sp³-hybridized carbons (Fsp3) is 0.250. The Morgan fingerprint density at radius 3 is 1.80 bits per heavy atom. The van der Waals surface area contributed by atoms with E-state index >= 15 is 0 Å². The van der Waals surface area contributed by atoms with Crippen molar-refractivity contribution in [2.24, 2.45) is 0 Å². The highest BCUT2D eigenvalue weighted by Gasteiger charge is 2.25. The number of ether oxygens (including phenoxy) is 2. The first kappa shape index (κ1) is 13.2. The van der Waals surface area contributed by atoms with E-state index in [1.807, 2.05) is 0 Å². The quantitative estimate of drug-likeness (QED) is 0.780. The maximum atomic E-state index is 13.0. The van der Waals surface area contributed by atoms with Crippen LogP contribution in [0.1, 0.15) is 17.2 Å². The van der Waals surface area contributed by atoms with E-state index in [2.05, 4.69) is 0 Å². The highest BCUT2D eigenvalue weighted by Crippen LogP contribution is 2.27. The molecular weight excluding hydrogens is 262 g/mol. The van der Waals surface area contributed by atoms with E-state index in [-0.39, 0.29) is 23.8 Å². The van der Waals surface area contributed by atoms with Gasteiger partial charge in [-0.05, 0) is 35.4 Å². The molecule has 20 heavy (non-hydrogen) atoms. The van der Waals surface area contributed by atoms with Crippen molar-refractivity contribution < 1.29 is 18.3 Å². The van der Waals surface area contributed by atoms with Crippen LogP contribution in [-0.2, 0) is 9.47 Å². The summed E-state index contributed by atoms with van der Waals surface area (Å²) in [6, 6.07) is 12.3. The summed E-state index contributed by atoms with van der Waals surface area (Å²) in [7, 11) is 0. The van der Waals surface area contributed by atoms with E-state index < -0.39 is 0 Å². The number of hydrogen-bond acceptors (Lipinski definition) is 2. The Morgan fingerprint density at radius 2 is 1.40 bits per heavy atom. The number of hydrogen-bond donors (Lipinski definition) is 0. The third kappa shape index (κ3) is 3.21. The van der Waals surface area contributed by atoms with Gasteiger partial charge >= 0.3 is 0 Å². The van der Waals surface area contributed by atoms with E-state index in [0.29, 0.717) is 13.2 Å². The molecule has 2 nitrogen and oxygen atoms in total. The predicted octanol–water partition coefficient (Wildman–Crippen LogP) is 3.47. The summed E-state index contributed by atoms with van der Waals surface area (Å²) < 4.78 is 37.0. The van der Waals surface area contributed by atoms with Crippen molar-refractivity contribution in [1.29, 1.82) is 0 Å². The van der Waals surface area contributed by atoms with Gasteiger partial charge in [-0.15, -0.1) is 0 Å². The fourth-order valence-electron chi connectivity index (χ4n) is 2.03. The third-order valence-electron chi connectivity index (χ3n) is 3.20. The van der Waals surface area contributed by atoms with Crippen LogP contribution in [0.2, 0.25) is 0 Å². The largest absolute Gasteiger partial charge is 0.371 e. The van der Waals surface area contributed by atoms with Gasteiger partial charge in [0.05, 0.1) is 13.2 Å². The average Bonchev–Trinajstić information content (AvgIpc) is 3.27. The molecule has 0 aromatic heterocycles. The summed E-state index contributed by atoms with van der Waals surface area (Å²) >= 11 is 0. The first-order valence-corrected chi connectivity index (χ1v) is 6.46. The highest BCUT2D eigenvalue weighted by atomic mass is 19.1. The Balaban J connectivity index is 1.85. The molecule has 1 heterocycles. The van der Waals surface area contributed by atoms with Crippen LogP contribution < -0.4 is 0 Å². The minimum absolute atomic E-state index is 0.137. The van der Waals surface area contributed by atoms with E-state index in [9.17, 15) is 8.78 Å². The molecule has 1 aliphatic rings. The Labute approximate surface area is 116 Å². The van der Waals surface area contributed by atoms with Crippen molar-refractivity contribution in [2.45, 2.75) is 12.2 Å². The summed E-state index contributed by atoms with van der Waals surface area (Å²) in [5.74, 6) is -0.589. The summed E-state index contributed by atoms with van der Waals surface area (Å²) in [5, 5.41) is 0. The van der Waals surface area contributed by atoms with Crippen molar-refractivity contribution in [3.63, 3.8) is 0 Å². The van der Waals surface area contributed by atoms with Crippen LogP contribution in [0.5, 0.6) is 0 Å². The second-order valence-corrected chi connectivity index (χ2v) is 4.77. The van der Waals surface area contributed by atoms with Gasteiger partial charge in [0, 0.05) is 0 Å². The van der Waals surface area contributed by atoms with Crippen LogP contribution in [0.25, 0.3) is 0 Å². The molecular formula is C16H14F2O2. The van der Waals surface area contributed by atoms with Gasteiger partial charge in [-0.1, -0.05) is 24.3 Å². The lowest BCUT2D eigenvalue weighted by atomic mass is 10.0. The Hall–Kier alpha value is -1.78. The van der Waals surface area contributed by atoms with E-state index in [1.165, 1.54) is 24.3 Å². The molecule has 0 unspecified atom stereocenters. The zero-order valence-electron chi connectivity index (χ0n) is 10.8. The molecule has 0 amide bonds. The van der Waals surface area contributed by atoms with Crippen LogP contribution in [0, 0.1) is 11.6 Å². The molecule has 0 spiro atoms. The van der Waals surface area contributed by atoms with Gasteiger partial charge in [-0.2, -0.15) is 0 Å². The van der Waals surface area contributed by atoms with Gasteiger partial charge in [-0.25, -0.2) is 8.78 Å². The SMILES string of the molecule is Fc1ccc(C(OC[C@@H]2CO2)c2ccc(F)cc2)cc1. The first-order valence-electron chi connectivity index (χ1n) is 6.46. The first-order chi connectivity index (χ1) is 9.72. The summed E-state index contributed by atoms with van der Waals surface area (Å²) in [6.07, 6.45) is -0.209. The molecule has 1 fully saturated rings. The fourth-order valence-corrected chi connectivity index (χ4v) is 2.03. The van der Waals surface area contributed by atoms with Gasteiger partial charge < -0.3 is 9.47 Å². The minimum atomic E-state index is -0.347. The summed E-state index contributed by atoms with van der Waals surface area (Å²) in [4.78, 5) is 0. The summed E-state index contributed by atoms with van der Waals surface area (Å²) in [6.45, 7) is 1.18. The zero-order valence-corrected chi connectivity index (χ0v) is 10.8. The second-order valence-electron chi connectivity index (χ2n) is 4.77. The monoisotopic (exact) mass is 276 g/mol. The smallest absolute Gasteiger partial charge is 0.123 e. The number of rotatable bonds is 5. The molecule has 2 aromatic carbocycles. The van der Waals surface area contributed by atoms with Crippen LogP contribution >= 0.6 is 0 Å². The molecule has 0 radical (unpaired) electrons. The number of halogens is 2. The molecule has 0 saturated carbocycles. The Bertz CT molecular complexity index is 517. The summed E-state index contributed by atoms with van der Waals surface area (Å²) in [5.41, 5.74) is 1.66. The van der Waals surface area contributed by atoms with Crippen molar-refractivity contribution >= 4 is 0 Å². The van der Waals surface area contributed by atoms with Crippen molar-refractivity contribution in [3.8, 4) is 0 Å². The van der Waals surface area contributed by atoms with Gasteiger partial charge in [0.2, 0.25) is 0 Å². The molecule has 4 heteroatoms. The Morgan fingerprint density at radius 1 is 0.950 bits per heavy atom. The maximum Gasteiger partial charge on any atom is 0.123 e. The third-order valence-corrected chi connectivity index (χ3v) is 3.20. The van der Waals surface area contributed by atoms with Gasteiger partial charge in [-0.3, -0.25) is 0 Å². The molecule has 0 bridgehead atoms. The van der Waals surface area contributed by atoms with E-state index in [0.717, 1.165) is 11.1 Å². The molecule has 1 saturated heterocycles. The maximum absolute atomic E-state index is 13.0. The second kappa shape index (κ2) is 5.69. The number of epoxide rings is 1. The lowest BCUT2D eigenvalue weighted by Gasteiger charge is -2.18. The normalized spacial score (nSPS) is 17.4. The minimum Gasteiger partial charge on any atom is -0.371 e. The molecule has 0 aliphatic carbocycles. The van der Waals surface area contributed by atoms with Crippen LogP contribution in [0.4, 0.5) is 8.78 Å².